The van der Waals surface area contributed by atoms with E-state index < -0.39 is 0 Å². The predicted octanol–water partition coefficient (Wildman–Crippen LogP) is 2.97. The summed E-state index contributed by atoms with van der Waals surface area (Å²) in [5.74, 6) is 0.962. The molecule has 1 saturated carbocycles. The molecule has 0 heterocycles. The van der Waals surface area contributed by atoms with E-state index in [-0.39, 0.29) is 0 Å². The smallest absolute Gasteiger partial charge is 0.0724 e. The van der Waals surface area contributed by atoms with Gasteiger partial charge in [0.05, 0.1) is 6.10 Å². The van der Waals surface area contributed by atoms with Crippen molar-refractivity contribution in [3.05, 3.63) is 0 Å². The molecule has 2 atom stereocenters. The van der Waals surface area contributed by atoms with Gasteiger partial charge in [0, 0.05) is 13.2 Å². The highest BCUT2D eigenvalue weighted by molar-refractivity contribution is 4.82. The van der Waals surface area contributed by atoms with Crippen LogP contribution in [0, 0.1) is 5.92 Å². The van der Waals surface area contributed by atoms with Gasteiger partial charge in [-0.25, -0.2) is 0 Å². The highest BCUT2D eigenvalue weighted by Crippen LogP contribution is 2.31. The number of hydrogen-bond acceptors (Lipinski definition) is 2. The lowest BCUT2D eigenvalue weighted by Crippen LogP contribution is -2.43. The molecule has 90 valence electrons. The zero-order valence-electron chi connectivity index (χ0n) is 10.6. The lowest BCUT2D eigenvalue weighted by Gasteiger charge is -2.33. The Hall–Kier alpha value is -0.0800. The summed E-state index contributed by atoms with van der Waals surface area (Å²) in [5, 5.41) is 3.59. The van der Waals surface area contributed by atoms with Crippen molar-refractivity contribution >= 4 is 0 Å². The van der Waals surface area contributed by atoms with Crippen LogP contribution in [0.25, 0.3) is 0 Å². The number of hydrogen-bond donors (Lipinski definition) is 1. The van der Waals surface area contributed by atoms with Crippen LogP contribution in [0.2, 0.25) is 0 Å². The summed E-state index contributed by atoms with van der Waals surface area (Å²) in [7, 11) is 1.85. The summed E-state index contributed by atoms with van der Waals surface area (Å²) in [5.41, 5.74) is 0. The van der Waals surface area contributed by atoms with Crippen molar-refractivity contribution in [1.29, 1.82) is 0 Å². The van der Waals surface area contributed by atoms with Crippen LogP contribution in [0.3, 0.4) is 0 Å². The van der Waals surface area contributed by atoms with Gasteiger partial charge in [0.1, 0.15) is 0 Å². The fourth-order valence-corrected chi connectivity index (χ4v) is 2.48. The molecule has 15 heavy (non-hydrogen) atoms. The maximum atomic E-state index is 5.61. The quantitative estimate of drug-likeness (QED) is 0.669. The molecular weight excluding hydrogens is 186 g/mol. The first kappa shape index (κ1) is 13.0. The normalized spacial score (nSPS) is 21.0. The molecule has 0 bridgehead atoms. The Morgan fingerprint density at radius 3 is 2.47 bits per heavy atom. The Balaban J connectivity index is 2.37. The number of likely N-dealkylation sites (N-methyl/N-ethyl adjacent to an activating group) is 1. The third-order valence-electron chi connectivity index (χ3n) is 3.60. The van der Waals surface area contributed by atoms with E-state index in [1.165, 1.54) is 38.5 Å². The Bertz CT molecular complexity index is 157. The number of nitrogens with one attached hydrogen (secondary N) is 1. The van der Waals surface area contributed by atoms with E-state index in [2.05, 4.69) is 19.2 Å². The SMILES string of the molecule is CCCC(OC)C(CC1CCC1)NCC. The molecule has 2 heteroatoms. The molecule has 0 spiro atoms. The molecular formula is C13H27NO. The van der Waals surface area contributed by atoms with Crippen LogP contribution >= 0.6 is 0 Å². The third-order valence-corrected chi connectivity index (χ3v) is 3.60. The topological polar surface area (TPSA) is 21.3 Å². The van der Waals surface area contributed by atoms with E-state index in [9.17, 15) is 0 Å². The average molecular weight is 213 g/mol. The molecule has 1 aliphatic rings. The summed E-state index contributed by atoms with van der Waals surface area (Å²) >= 11 is 0. The molecule has 0 amide bonds. The highest BCUT2D eigenvalue weighted by Gasteiger charge is 2.26. The van der Waals surface area contributed by atoms with E-state index in [4.69, 9.17) is 4.74 Å². The molecule has 0 aromatic heterocycles. The van der Waals surface area contributed by atoms with Gasteiger partial charge in [-0.15, -0.1) is 0 Å². The molecule has 0 radical (unpaired) electrons. The maximum Gasteiger partial charge on any atom is 0.0724 e. The first-order valence-corrected chi connectivity index (χ1v) is 6.57. The van der Waals surface area contributed by atoms with Gasteiger partial charge in [0.25, 0.3) is 0 Å². The van der Waals surface area contributed by atoms with E-state index in [0.29, 0.717) is 12.1 Å². The first-order chi connectivity index (χ1) is 7.31. The van der Waals surface area contributed by atoms with Crippen LogP contribution in [-0.4, -0.2) is 25.8 Å². The summed E-state index contributed by atoms with van der Waals surface area (Å²) in [4.78, 5) is 0. The van der Waals surface area contributed by atoms with Gasteiger partial charge in [-0.1, -0.05) is 39.5 Å². The molecule has 2 nitrogen and oxygen atoms in total. The summed E-state index contributed by atoms with van der Waals surface area (Å²) < 4.78 is 5.61. The largest absolute Gasteiger partial charge is 0.380 e. The van der Waals surface area contributed by atoms with Gasteiger partial charge >= 0.3 is 0 Å². The van der Waals surface area contributed by atoms with Crippen LogP contribution in [0.4, 0.5) is 0 Å². The summed E-state index contributed by atoms with van der Waals surface area (Å²) in [6.45, 7) is 5.48. The molecule has 0 aliphatic heterocycles. The number of rotatable bonds is 8. The Morgan fingerprint density at radius 2 is 2.07 bits per heavy atom. The lowest BCUT2D eigenvalue weighted by atomic mass is 9.79. The minimum atomic E-state index is 0.413. The Labute approximate surface area is 94.8 Å². The molecule has 0 aromatic carbocycles. The second-order valence-corrected chi connectivity index (χ2v) is 4.76. The van der Waals surface area contributed by atoms with Gasteiger partial charge in [-0.05, 0) is 25.3 Å². The van der Waals surface area contributed by atoms with Crippen molar-refractivity contribution in [2.45, 2.75) is 64.5 Å². The van der Waals surface area contributed by atoms with Crippen LogP contribution in [-0.2, 0) is 4.74 Å². The zero-order chi connectivity index (χ0) is 11.1. The monoisotopic (exact) mass is 213 g/mol. The Kier molecular flexibility index (Phi) is 6.26. The van der Waals surface area contributed by atoms with Crippen molar-refractivity contribution in [2.75, 3.05) is 13.7 Å². The van der Waals surface area contributed by atoms with Crippen molar-refractivity contribution in [2.24, 2.45) is 5.92 Å². The molecule has 1 fully saturated rings. The summed E-state index contributed by atoms with van der Waals surface area (Å²) in [6.07, 6.45) is 8.43. The maximum absolute atomic E-state index is 5.61. The van der Waals surface area contributed by atoms with E-state index in [1.807, 2.05) is 7.11 Å². The molecule has 1 aliphatic carbocycles. The van der Waals surface area contributed by atoms with Crippen LogP contribution in [0.15, 0.2) is 0 Å². The van der Waals surface area contributed by atoms with Crippen molar-refractivity contribution < 1.29 is 4.74 Å². The van der Waals surface area contributed by atoms with E-state index >= 15 is 0 Å². The van der Waals surface area contributed by atoms with Gasteiger partial charge < -0.3 is 10.1 Å². The van der Waals surface area contributed by atoms with Crippen molar-refractivity contribution in [3.63, 3.8) is 0 Å². The molecule has 0 aromatic rings. The standard InChI is InChI=1S/C13H27NO/c1-4-7-13(15-3)12(14-5-2)10-11-8-6-9-11/h11-14H,4-10H2,1-3H3. The van der Waals surface area contributed by atoms with Gasteiger partial charge in [0.2, 0.25) is 0 Å². The number of methoxy groups -OCH3 is 1. The molecule has 0 saturated heterocycles. The molecule has 1 rings (SSSR count). The van der Waals surface area contributed by atoms with Gasteiger partial charge in [-0.2, -0.15) is 0 Å². The molecule has 2 unspecified atom stereocenters. The second kappa shape index (κ2) is 7.24. The predicted molar refractivity (Wildman–Crippen MR) is 65.1 cm³/mol. The van der Waals surface area contributed by atoms with Crippen LogP contribution < -0.4 is 5.32 Å². The van der Waals surface area contributed by atoms with Crippen molar-refractivity contribution in [1.82, 2.24) is 5.32 Å². The van der Waals surface area contributed by atoms with Gasteiger partial charge in [-0.3, -0.25) is 0 Å². The average Bonchev–Trinajstić information content (AvgIpc) is 2.18. The fourth-order valence-electron chi connectivity index (χ4n) is 2.48. The van der Waals surface area contributed by atoms with Crippen LogP contribution in [0.5, 0.6) is 0 Å². The minimum absolute atomic E-state index is 0.413. The minimum Gasteiger partial charge on any atom is -0.380 e. The van der Waals surface area contributed by atoms with Crippen LogP contribution in [0.1, 0.15) is 52.4 Å². The fraction of sp³-hybridized carbons (Fsp3) is 1.00. The van der Waals surface area contributed by atoms with Gasteiger partial charge in [0.15, 0.2) is 0 Å². The zero-order valence-corrected chi connectivity index (χ0v) is 10.6. The molecule has 1 N–H and O–H groups in total. The second-order valence-electron chi connectivity index (χ2n) is 4.76. The highest BCUT2D eigenvalue weighted by atomic mass is 16.5. The summed E-state index contributed by atoms with van der Waals surface area (Å²) in [6, 6.07) is 0.574. The van der Waals surface area contributed by atoms with E-state index in [1.54, 1.807) is 0 Å². The first-order valence-electron chi connectivity index (χ1n) is 6.57. The van der Waals surface area contributed by atoms with Crippen molar-refractivity contribution in [3.8, 4) is 0 Å². The third kappa shape index (κ3) is 4.12. The van der Waals surface area contributed by atoms with E-state index in [0.717, 1.165) is 12.5 Å². The Morgan fingerprint density at radius 1 is 1.33 bits per heavy atom. The lowest BCUT2D eigenvalue weighted by molar-refractivity contribution is 0.0476. The number of ether oxygens (including phenoxy) is 1.